The van der Waals surface area contributed by atoms with Gasteiger partial charge in [0.1, 0.15) is 5.75 Å². The molecule has 0 aliphatic carbocycles. The highest BCUT2D eigenvalue weighted by atomic mass is 16.5. The third kappa shape index (κ3) is 3.26. The number of benzene rings is 2. The van der Waals surface area contributed by atoms with Crippen LogP contribution in [-0.4, -0.2) is 40.8 Å². The first kappa shape index (κ1) is 18.2. The van der Waals surface area contributed by atoms with E-state index in [2.05, 4.69) is 17.2 Å². The highest BCUT2D eigenvalue weighted by Crippen LogP contribution is 2.29. The van der Waals surface area contributed by atoms with Crippen molar-refractivity contribution in [3.8, 4) is 5.75 Å². The largest absolute Gasteiger partial charge is 0.497 e. The molecule has 0 atom stereocenters. The molecule has 144 valence electrons. The van der Waals surface area contributed by atoms with E-state index in [1.54, 1.807) is 35.9 Å². The first-order chi connectivity index (χ1) is 13.6. The Morgan fingerprint density at radius 3 is 2.43 bits per heavy atom. The predicted octanol–water partition coefficient (Wildman–Crippen LogP) is 2.96. The molecular weight excluding hydrogens is 354 g/mol. The SMILES string of the molecule is COc1ccc(C2CCN(C(=O)c3nn(C)c4ccccc4c3=O)CC2)cc1. The summed E-state index contributed by atoms with van der Waals surface area (Å²) in [5.74, 6) is 0.969. The van der Waals surface area contributed by atoms with Crippen LogP contribution in [-0.2, 0) is 7.05 Å². The lowest BCUT2D eigenvalue weighted by molar-refractivity contribution is 0.0703. The Bertz CT molecular complexity index is 1060. The second kappa shape index (κ2) is 7.46. The van der Waals surface area contributed by atoms with Crippen LogP contribution in [0.5, 0.6) is 5.75 Å². The molecule has 0 spiro atoms. The van der Waals surface area contributed by atoms with Crippen molar-refractivity contribution < 1.29 is 9.53 Å². The molecule has 4 rings (SSSR count). The van der Waals surface area contributed by atoms with Crippen LogP contribution in [0.25, 0.3) is 10.9 Å². The Morgan fingerprint density at radius 1 is 1.07 bits per heavy atom. The molecule has 1 fully saturated rings. The van der Waals surface area contributed by atoms with Gasteiger partial charge in [0.05, 0.1) is 12.6 Å². The van der Waals surface area contributed by atoms with Gasteiger partial charge in [-0.15, -0.1) is 0 Å². The normalized spacial score (nSPS) is 15.0. The molecule has 6 nitrogen and oxygen atoms in total. The zero-order chi connectivity index (χ0) is 19.7. The van der Waals surface area contributed by atoms with Crippen molar-refractivity contribution in [1.29, 1.82) is 0 Å². The van der Waals surface area contributed by atoms with Crippen LogP contribution < -0.4 is 10.2 Å². The summed E-state index contributed by atoms with van der Waals surface area (Å²) in [6.07, 6.45) is 1.73. The quantitative estimate of drug-likeness (QED) is 0.704. The molecule has 1 aliphatic heterocycles. The summed E-state index contributed by atoms with van der Waals surface area (Å²) in [6, 6.07) is 15.3. The number of carbonyl (C=O) groups excluding carboxylic acids is 1. The molecule has 3 aromatic rings. The fourth-order valence-corrected chi connectivity index (χ4v) is 3.91. The zero-order valence-electron chi connectivity index (χ0n) is 16.1. The van der Waals surface area contributed by atoms with E-state index in [0.29, 0.717) is 24.4 Å². The maximum absolute atomic E-state index is 13.0. The van der Waals surface area contributed by atoms with Crippen molar-refractivity contribution >= 4 is 16.8 Å². The molecule has 0 unspecified atom stereocenters. The number of fused-ring (bicyclic) bond motifs is 1. The second-order valence-electron chi connectivity index (χ2n) is 7.16. The van der Waals surface area contributed by atoms with Crippen molar-refractivity contribution in [3.05, 3.63) is 70.0 Å². The summed E-state index contributed by atoms with van der Waals surface area (Å²) < 4.78 is 6.82. The van der Waals surface area contributed by atoms with Gasteiger partial charge in [-0.2, -0.15) is 5.10 Å². The number of rotatable bonds is 3. The van der Waals surface area contributed by atoms with Crippen LogP contribution in [0.1, 0.15) is 34.8 Å². The molecule has 0 saturated carbocycles. The summed E-state index contributed by atoms with van der Waals surface area (Å²) in [5.41, 5.74) is 1.69. The Morgan fingerprint density at radius 2 is 1.75 bits per heavy atom. The number of amides is 1. The van der Waals surface area contributed by atoms with Gasteiger partial charge in [0.2, 0.25) is 5.43 Å². The monoisotopic (exact) mass is 377 g/mol. The Kier molecular flexibility index (Phi) is 4.86. The summed E-state index contributed by atoms with van der Waals surface area (Å²) in [7, 11) is 3.42. The predicted molar refractivity (Wildman–Crippen MR) is 108 cm³/mol. The number of nitrogens with zero attached hydrogens (tertiary/aromatic N) is 3. The molecule has 0 bridgehead atoms. The minimum absolute atomic E-state index is 0.00379. The summed E-state index contributed by atoms with van der Waals surface area (Å²) in [6.45, 7) is 1.24. The molecule has 2 aromatic carbocycles. The molecule has 0 radical (unpaired) electrons. The number of para-hydroxylation sites is 1. The Hall–Kier alpha value is -3.15. The van der Waals surface area contributed by atoms with E-state index in [9.17, 15) is 9.59 Å². The number of hydrogen-bond acceptors (Lipinski definition) is 4. The van der Waals surface area contributed by atoms with Gasteiger partial charge in [-0.05, 0) is 48.6 Å². The molecule has 6 heteroatoms. The molecule has 1 saturated heterocycles. The maximum Gasteiger partial charge on any atom is 0.278 e. The number of ether oxygens (including phenoxy) is 1. The van der Waals surface area contributed by atoms with E-state index >= 15 is 0 Å². The van der Waals surface area contributed by atoms with Gasteiger partial charge in [0.25, 0.3) is 5.91 Å². The fourth-order valence-electron chi connectivity index (χ4n) is 3.91. The van der Waals surface area contributed by atoms with E-state index in [1.807, 2.05) is 24.3 Å². The van der Waals surface area contributed by atoms with Gasteiger partial charge in [0, 0.05) is 25.5 Å². The maximum atomic E-state index is 13.0. The lowest BCUT2D eigenvalue weighted by Gasteiger charge is -2.32. The van der Waals surface area contributed by atoms with E-state index in [1.165, 1.54) is 5.56 Å². The molecule has 1 aliphatic rings. The standard InChI is InChI=1S/C22H23N3O3/c1-24-19-6-4-3-5-18(19)21(26)20(23-24)22(27)25-13-11-16(12-14-25)15-7-9-17(28-2)10-8-15/h3-10,16H,11-14H2,1-2H3. The lowest BCUT2D eigenvalue weighted by Crippen LogP contribution is -2.41. The molecule has 1 amide bonds. The minimum atomic E-state index is -0.295. The highest BCUT2D eigenvalue weighted by Gasteiger charge is 2.27. The number of aryl methyl sites for hydroxylation is 1. The number of methoxy groups -OCH3 is 1. The van der Waals surface area contributed by atoms with E-state index in [4.69, 9.17) is 4.74 Å². The number of hydrogen-bond donors (Lipinski definition) is 0. The summed E-state index contributed by atoms with van der Waals surface area (Å²) in [4.78, 5) is 27.5. The molecule has 0 N–H and O–H groups in total. The van der Waals surface area contributed by atoms with Gasteiger partial charge in [-0.25, -0.2) is 0 Å². The molecule has 1 aromatic heterocycles. The number of aromatic nitrogens is 2. The van der Waals surface area contributed by atoms with E-state index in [-0.39, 0.29) is 17.0 Å². The van der Waals surface area contributed by atoms with Crippen molar-refractivity contribution in [2.75, 3.05) is 20.2 Å². The van der Waals surface area contributed by atoms with Gasteiger partial charge in [-0.1, -0.05) is 24.3 Å². The van der Waals surface area contributed by atoms with Gasteiger partial charge in [-0.3, -0.25) is 14.3 Å². The van der Waals surface area contributed by atoms with Crippen LogP contribution in [0, 0.1) is 0 Å². The van der Waals surface area contributed by atoms with Crippen LogP contribution in [0.2, 0.25) is 0 Å². The number of piperidine rings is 1. The smallest absolute Gasteiger partial charge is 0.278 e. The van der Waals surface area contributed by atoms with Crippen molar-refractivity contribution in [1.82, 2.24) is 14.7 Å². The Balaban J connectivity index is 1.52. The molecular formula is C22H23N3O3. The third-order valence-electron chi connectivity index (χ3n) is 5.53. The fraction of sp³-hybridized carbons (Fsp3) is 0.318. The minimum Gasteiger partial charge on any atom is -0.497 e. The number of likely N-dealkylation sites (tertiary alicyclic amines) is 1. The first-order valence-electron chi connectivity index (χ1n) is 9.47. The topological polar surface area (TPSA) is 64.4 Å². The zero-order valence-corrected chi connectivity index (χ0v) is 16.1. The molecule has 28 heavy (non-hydrogen) atoms. The van der Waals surface area contributed by atoms with Gasteiger partial charge in [0.15, 0.2) is 5.69 Å². The van der Waals surface area contributed by atoms with Crippen molar-refractivity contribution in [2.24, 2.45) is 7.05 Å². The van der Waals surface area contributed by atoms with Crippen molar-refractivity contribution in [2.45, 2.75) is 18.8 Å². The second-order valence-corrected chi connectivity index (χ2v) is 7.16. The van der Waals surface area contributed by atoms with E-state index < -0.39 is 0 Å². The average molecular weight is 377 g/mol. The van der Waals surface area contributed by atoms with Crippen molar-refractivity contribution in [3.63, 3.8) is 0 Å². The van der Waals surface area contributed by atoms with Gasteiger partial charge >= 0.3 is 0 Å². The van der Waals surface area contributed by atoms with Crippen LogP contribution >= 0.6 is 0 Å². The first-order valence-corrected chi connectivity index (χ1v) is 9.47. The van der Waals surface area contributed by atoms with Crippen LogP contribution in [0.4, 0.5) is 0 Å². The lowest BCUT2D eigenvalue weighted by atomic mass is 9.89. The average Bonchev–Trinajstić information content (AvgIpc) is 2.76. The Labute approximate surface area is 163 Å². The van der Waals surface area contributed by atoms with Crippen LogP contribution in [0.15, 0.2) is 53.3 Å². The van der Waals surface area contributed by atoms with Gasteiger partial charge < -0.3 is 9.64 Å². The highest BCUT2D eigenvalue weighted by molar-refractivity contribution is 5.95. The third-order valence-corrected chi connectivity index (χ3v) is 5.53. The summed E-state index contributed by atoms with van der Waals surface area (Å²) >= 11 is 0. The summed E-state index contributed by atoms with van der Waals surface area (Å²) in [5, 5.41) is 4.80. The van der Waals surface area contributed by atoms with E-state index in [0.717, 1.165) is 24.1 Å². The molecule has 2 heterocycles. The number of carbonyl (C=O) groups is 1. The van der Waals surface area contributed by atoms with Crippen LogP contribution in [0.3, 0.4) is 0 Å².